The van der Waals surface area contributed by atoms with Crippen LogP contribution in [0.3, 0.4) is 0 Å². The molecule has 0 spiro atoms. The highest BCUT2D eigenvalue weighted by Gasteiger charge is 2.17. The summed E-state index contributed by atoms with van der Waals surface area (Å²) in [6.45, 7) is 2.02. The van der Waals surface area contributed by atoms with E-state index in [1.807, 2.05) is 30.3 Å². The van der Waals surface area contributed by atoms with Gasteiger partial charge in [0, 0.05) is 18.2 Å². The molecule has 5 nitrogen and oxygen atoms in total. The SMILES string of the molecule is COC(=O)/C=C/CNC(=O)c1cc(C)oc1-c1ccccc1. The Balaban J connectivity index is 2.11. The van der Waals surface area contributed by atoms with Gasteiger partial charge in [-0.2, -0.15) is 0 Å². The number of esters is 1. The monoisotopic (exact) mass is 299 g/mol. The molecule has 2 aromatic rings. The second kappa shape index (κ2) is 7.26. The molecule has 114 valence electrons. The number of ether oxygens (including phenoxy) is 1. The molecule has 0 aliphatic rings. The average Bonchev–Trinajstić information content (AvgIpc) is 2.94. The molecule has 0 fully saturated rings. The second-order valence-electron chi connectivity index (χ2n) is 4.60. The number of methoxy groups -OCH3 is 1. The number of amides is 1. The maximum atomic E-state index is 12.2. The van der Waals surface area contributed by atoms with E-state index in [-0.39, 0.29) is 12.5 Å². The molecule has 2 rings (SSSR count). The molecule has 5 heteroatoms. The lowest BCUT2D eigenvalue weighted by Crippen LogP contribution is -2.23. The predicted molar refractivity (Wildman–Crippen MR) is 82.4 cm³/mol. The molecule has 1 heterocycles. The van der Waals surface area contributed by atoms with E-state index in [9.17, 15) is 9.59 Å². The molecular weight excluding hydrogens is 282 g/mol. The van der Waals surface area contributed by atoms with Crippen LogP contribution in [0.1, 0.15) is 16.1 Å². The summed E-state index contributed by atoms with van der Waals surface area (Å²) in [5.41, 5.74) is 1.31. The third-order valence-electron chi connectivity index (χ3n) is 2.97. The topological polar surface area (TPSA) is 68.5 Å². The van der Waals surface area contributed by atoms with E-state index in [1.54, 1.807) is 13.0 Å². The van der Waals surface area contributed by atoms with E-state index >= 15 is 0 Å². The summed E-state index contributed by atoms with van der Waals surface area (Å²) in [4.78, 5) is 23.2. The van der Waals surface area contributed by atoms with Gasteiger partial charge in [0.25, 0.3) is 5.91 Å². The van der Waals surface area contributed by atoms with Crippen LogP contribution in [-0.4, -0.2) is 25.5 Å². The molecular formula is C17H17NO4. The van der Waals surface area contributed by atoms with Crippen molar-refractivity contribution in [2.75, 3.05) is 13.7 Å². The number of carbonyl (C=O) groups is 2. The third kappa shape index (κ3) is 3.85. The van der Waals surface area contributed by atoms with Crippen molar-refractivity contribution in [2.45, 2.75) is 6.92 Å². The van der Waals surface area contributed by atoms with Crippen molar-refractivity contribution in [3.63, 3.8) is 0 Å². The van der Waals surface area contributed by atoms with Crippen molar-refractivity contribution < 1.29 is 18.7 Å². The van der Waals surface area contributed by atoms with E-state index in [4.69, 9.17) is 4.42 Å². The lowest BCUT2D eigenvalue weighted by molar-refractivity contribution is -0.134. The van der Waals surface area contributed by atoms with Crippen molar-refractivity contribution in [2.24, 2.45) is 0 Å². The van der Waals surface area contributed by atoms with Crippen LogP contribution in [0.15, 0.2) is 53.0 Å². The Hall–Kier alpha value is -2.82. The molecule has 1 amide bonds. The van der Waals surface area contributed by atoms with Crippen molar-refractivity contribution in [1.82, 2.24) is 5.32 Å². The largest absolute Gasteiger partial charge is 0.466 e. The van der Waals surface area contributed by atoms with Gasteiger partial charge in [-0.15, -0.1) is 0 Å². The fourth-order valence-electron chi connectivity index (χ4n) is 1.96. The fraction of sp³-hybridized carbons (Fsp3) is 0.176. The highest BCUT2D eigenvalue weighted by Crippen LogP contribution is 2.26. The predicted octanol–water partition coefficient (Wildman–Crippen LogP) is 2.71. The van der Waals surface area contributed by atoms with Gasteiger partial charge in [-0.3, -0.25) is 4.79 Å². The molecule has 22 heavy (non-hydrogen) atoms. The zero-order valence-corrected chi connectivity index (χ0v) is 12.5. The van der Waals surface area contributed by atoms with Crippen LogP contribution >= 0.6 is 0 Å². The van der Waals surface area contributed by atoms with Gasteiger partial charge in [0.05, 0.1) is 12.7 Å². The highest BCUT2D eigenvalue weighted by atomic mass is 16.5. The van der Waals surface area contributed by atoms with Crippen LogP contribution in [0.4, 0.5) is 0 Å². The Labute approximate surface area is 128 Å². The molecule has 0 saturated carbocycles. The van der Waals surface area contributed by atoms with Crippen molar-refractivity contribution in [3.8, 4) is 11.3 Å². The maximum Gasteiger partial charge on any atom is 0.330 e. The van der Waals surface area contributed by atoms with E-state index < -0.39 is 5.97 Å². The summed E-state index contributed by atoms with van der Waals surface area (Å²) < 4.78 is 10.1. The number of hydrogen-bond donors (Lipinski definition) is 1. The first-order valence-electron chi connectivity index (χ1n) is 6.80. The van der Waals surface area contributed by atoms with Crippen molar-refractivity contribution >= 4 is 11.9 Å². The van der Waals surface area contributed by atoms with Crippen LogP contribution in [0, 0.1) is 6.92 Å². The Morgan fingerprint density at radius 3 is 2.68 bits per heavy atom. The lowest BCUT2D eigenvalue weighted by atomic mass is 10.1. The molecule has 0 atom stereocenters. The smallest absolute Gasteiger partial charge is 0.330 e. The van der Waals surface area contributed by atoms with Crippen LogP contribution in [0.5, 0.6) is 0 Å². The van der Waals surface area contributed by atoms with Gasteiger partial charge in [0.15, 0.2) is 0 Å². The van der Waals surface area contributed by atoms with Gasteiger partial charge in [0.2, 0.25) is 0 Å². The first kappa shape index (κ1) is 15.6. The zero-order valence-electron chi connectivity index (χ0n) is 12.5. The standard InChI is InChI=1S/C17H17NO4/c1-12-11-14(16(22-12)13-7-4-3-5-8-13)17(20)18-10-6-9-15(19)21-2/h3-9,11H,10H2,1-2H3,(H,18,20)/b9-6+. The Bertz CT molecular complexity index is 686. The van der Waals surface area contributed by atoms with Crippen molar-refractivity contribution in [1.29, 1.82) is 0 Å². The van der Waals surface area contributed by atoms with E-state index in [1.165, 1.54) is 19.3 Å². The Morgan fingerprint density at radius 2 is 2.00 bits per heavy atom. The molecule has 0 aliphatic heterocycles. The maximum absolute atomic E-state index is 12.2. The van der Waals surface area contributed by atoms with Gasteiger partial charge < -0.3 is 14.5 Å². The number of rotatable bonds is 5. The van der Waals surface area contributed by atoms with Gasteiger partial charge >= 0.3 is 5.97 Å². The van der Waals surface area contributed by atoms with E-state index in [0.717, 1.165) is 5.56 Å². The van der Waals surface area contributed by atoms with E-state index in [0.29, 0.717) is 17.1 Å². The Kier molecular flexibility index (Phi) is 5.14. The van der Waals surface area contributed by atoms with Gasteiger partial charge in [0.1, 0.15) is 11.5 Å². The number of nitrogens with one attached hydrogen (secondary N) is 1. The molecule has 1 aromatic heterocycles. The normalized spacial score (nSPS) is 10.6. The first-order chi connectivity index (χ1) is 10.6. The summed E-state index contributed by atoms with van der Waals surface area (Å²) in [6.07, 6.45) is 2.79. The molecule has 0 bridgehead atoms. The van der Waals surface area contributed by atoms with Crippen molar-refractivity contribution in [3.05, 3.63) is 59.9 Å². The zero-order chi connectivity index (χ0) is 15.9. The molecule has 0 radical (unpaired) electrons. The van der Waals surface area contributed by atoms with Gasteiger partial charge in [-0.05, 0) is 13.0 Å². The van der Waals surface area contributed by atoms with Gasteiger partial charge in [-0.1, -0.05) is 36.4 Å². The molecule has 0 saturated heterocycles. The summed E-state index contributed by atoms with van der Waals surface area (Å²) in [6, 6.07) is 11.1. The number of furan rings is 1. The number of hydrogen-bond acceptors (Lipinski definition) is 4. The molecule has 0 unspecified atom stereocenters. The summed E-state index contributed by atoms with van der Waals surface area (Å²) in [7, 11) is 1.30. The molecule has 1 N–H and O–H groups in total. The van der Waals surface area contributed by atoms with Crippen LogP contribution < -0.4 is 5.32 Å². The summed E-state index contributed by atoms with van der Waals surface area (Å²) in [5.74, 6) is 0.477. The minimum Gasteiger partial charge on any atom is -0.466 e. The molecule has 1 aromatic carbocycles. The lowest BCUT2D eigenvalue weighted by Gasteiger charge is -2.03. The van der Waals surface area contributed by atoms with Gasteiger partial charge in [-0.25, -0.2) is 4.79 Å². The number of benzene rings is 1. The minimum absolute atomic E-state index is 0.229. The summed E-state index contributed by atoms with van der Waals surface area (Å²) >= 11 is 0. The number of carbonyl (C=O) groups excluding carboxylic acids is 2. The highest BCUT2D eigenvalue weighted by molar-refractivity contribution is 6.00. The first-order valence-corrected chi connectivity index (χ1v) is 6.80. The second-order valence-corrected chi connectivity index (χ2v) is 4.60. The van der Waals surface area contributed by atoms with Crippen LogP contribution in [-0.2, 0) is 9.53 Å². The minimum atomic E-state index is -0.460. The van der Waals surface area contributed by atoms with E-state index in [2.05, 4.69) is 10.1 Å². The number of aryl methyl sites for hydroxylation is 1. The fourth-order valence-corrected chi connectivity index (χ4v) is 1.96. The van der Waals surface area contributed by atoms with Crippen LogP contribution in [0.25, 0.3) is 11.3 Å². The summed E-state index contributed by atoms with van der Waals surface area (Å²) in [5, 5.41) is 2.71. The quantitative estimate of drug-likeness (QED) is 0.681. The van der Waals surface area contributed by atoms with Crippen LogP contribution in [0.2, 0.25) is 0 Å². The molecule has 0 aliphatic carbocycles. The third-order valence-corrected chi connectivity index (χ3v) is 2.97. The average molecular weight is 299 g/mol. The Morgan fingerprint density at radius 1 is 1.27 bits per heavy atom.